The van der Waals surface area contributed by atoms with E-state index in [-0.39, 0.29) is 11.1 Å². The lowest BCUT2D eigenvalue weighted by atomic mass is 10.1. The van der Waals surface area contributed by atoms with E-state index in [1.165, 1.54) is 7.11 Å². The first-order valence-electron chi connectivity index (χ1n) is 5.84. The van der Waals surface area contributed by atoms with Crippen molar-refractivity contribution in [3.05, 3.63) is 46.4 Å². The van der Waals surface area contributed by atoms with Gasteiger partial charge in [-0.2, -0.15) is 0 Å². The Hall–Kier alpha value is -2.89. The van der Waals surface area contributed by atoms with Crippen LogP contribution in [0, 0.1) is 0 Å². The number of rotatable bonds is 2. The quantitative estimate of drug-likeness (QED) is 0.692. The van der Waals surface area contributed by atoms with Crippen LogP contribution in [0.2, 0.25) is 0 Å². The zero-order valence-electron chi connectivity index (χ0n) is 10.5. The number of carbonyl (C=O) groups is 1. The van der Waals surface area contributed by atoms with Crippen LogP contribution >= 0.6 is 0 Å². The minimum atomic E-state index is -1.19. The van der Waals surface area contributed by atoms with E-state index in [4.69, 9.17) is 9.84 Å². The molecule has 3 aromatic rings. The van der Waals surface area contributed by atoms with Gasteiger partial charge < -0.3 is 14.8 Å². The summed E-state index contributed by atoms with van der Waals surface area (Å²) in [7, 11) is 1.49. The fraction of sp³-hybridized carbons (Fsp3) is 0.0714. The van der Waals surface area contributed by atoms with E-state index >= 15 is 0 Å². The van der Waals surface area contributed by atoms with Crippen molar-refractivity contribution >= 4 is 27.8 Å². The average molecular weight is 270 g/mol. The SMILES string of the molecule is COc1cc2[nH]c(C(=O)O)cc(=O)c2c2cccnc12. The van der Waals surface area contributed by atoms with Gasteiger partial charge in [-0.3, -0.25) is 9.78 Å². The van der Waals surface area contributed by atoms with Crippen molar-refractivity contribution in [3.63, 3.8) is 0 Å². The Kier molecular flexibility index (Phi) is 2.64. The molecular formula is C14H10N2O4. The highest BCUT2D eigenvalue weighted by molar-refractivity contribution is 6.08. The molecule has 0 unspecified atom stereocenters. The molecule has 0 aliphatic rings. The first-order chi connectivity index (χ1) is 9.61. The van der Waals surface area contributed by atoms with Crippen molar-refractivity contribution in [2.75, 3.05) is 7.11 Å². The van der Waals surface area contributed by atoms with Crippen LogP contribution in [0.15, 0.2) is 35.3 Å². The highest BCUT2D eigenvalue weighted by Crippen LogP contribution is 2.29. The molecule has 6 nitrogen and oxygen atoms in total. The number of H-pyrrole nitrogens is 1. The van der Waals surface area contributed by atoms with Crippen LogP contribution in [0.3, 0.4) is 0 Å². The Bertz CT molecular complexity index is 899. The third-order valence-electron chi connectivity index (χ3n) is 3.10. The second kappa shape index (κ2) is 4.34. The molecule has 0 bridgehead atoms. The molecule has 100 valence electrons. The summed E-state index contributed by atoms with van der Waals surface area (Å²) in [5.41, 5.74) is 0.452. The fourth-order valence-electron chi connectivity index (χ4n) is 2.24. The van der Waals surface area contributed by atoms with Crippen molar-refractivity contribution in [1.29, 1.82) is 0 Å². The first kappa shape index (κ1) is 12.2. The summed E-state index contributed by atoms with van der Waals surface area (Å²) in [6, 6.07) is 6.12. The van der Waals surface area contributed by atoms with Crippen LogP contribution in [0.1, 0.15) is 10.5 Å². The van der Waals surface area contributed by atoms with E-state index in [1.807, 2.05) is 0 Å². The van der Waals surface area contributed by atoms with E-state index in [2.05, 4.69) is 9.97 Å². The third kappa shape index (κ3) is 1.70. The van der Waals surface area contributed by atoms with Gasteiger partial charge in [-0.15, -0.1) is 0 Å². The van der Waals surface area contributed by atoms with Crippen molar-refractivity contribution < 1.29 is 14.6 Å². The van der Waals surface area contributed by atoms with Gasteiger partial charge in [0.2, 0.25) is 0 Å². The van der Waals surface area contributed by atoms with Gasteiger partial charge in [0.15, 0.2) is 5.43 Å². The smallest absolute Gasteiger partial charge is 0.352 e. The molecule has 20 heavy (non-hydrogen) atoms. The average Bonchev–Trinajstić information content (AvgIpc) is 2.45. The summed E-state index contributed by atoms with van der Waals surface area (Å²) in [6.45, 7) is 0. The number of ether oxygens (including phenoxy) is 1. The third-order valence-corrected chi connectivity index (χ3v) is 3.10. The van der Waals surface area contributed by atoms with Gasteiger partial charge in [-0.1, -0.05) is 6.07 Å². The van der Waals surface area contributed by atoms with Gasteiger partial charge in [-0.25, -0.2) is 4.79 Å². The molecule has 0 aliphatic heterocycles. The molecule has 2 aromatic heterocycles. The molecular weight excluding hydrogens is 260 g/mol. The zero-order valence-corrected chi connectivity index (χ0v) is 10.5. The number of pyridine rings is 2. The minimum Gasteiger partial charge on any atom is -0.494 e. The Morgan fingerprint density at radius 1 is 1.40 bits per heavy atom. The van der Waals surface area contributed by atoms with Crippen molar-refractivity contribution in [2.24, 2.45) is 0 Å². The van der Waals surface area contributed by atoms with Gasteiger partial charge in [0, 0.05) is 23.7 Å². The van der Waals surface area contributed by atoms with Gasteiger partial charge in [-0.05, 0) is 6.07 Å². The molecule has 3 rings (SSSR count). The summed E-state index contributed by atoms with van der Waals surface area (Å²) < 4.78 is 5.24. The Morgan fingerprint density at radius 3 is 2.90 bits per heavy atom. The number of fused-ring (bicyclic) bond motifs is 3. The number of aromatic nitrogens is 2. The number of carboxylic acid groups (broad SMARTS) is 1. The van der Waals surface area contributed by atoms with Crippen LogP contribution in [-0.2, 0) is 0 Å². The molecule has 0 fully saturated rings. The number of aromatic amines is 1. The number of nitrogens with one attached hydrogen (secondary N) is 1. The molecule has 1 aromatic carbocycles. The van der Waals surface area contributed by atoms with Crippen molar-refractivity contribution in [3.8, 4) is 5.75 Å². The standard InChI is InChI=1S/C14H10N2O4/c1-20-11-6-8-12(7-3-2-4-15-13(7)11)10(17)5-9(16-8)14(18)19/h2-6H,1H3,(H,16,17)(H,18,19). The van der Waals surface area contributed by atoms with Crippen LogP contribution in [0.25, 0.3) is 21.8 Å². The predicted molar refractivity (Wildman–Crippen MR) is 73.4 cm³/mol. The van der Waals surface area contributed by atoms with Gasteiger partial charge in [0.05, 0.1) is 18.0 Å². The number of methoxy groups -OCH3 is 1. The van der Waals surface area contributed by atoms with Crippen molar-refractivity contribution in [1.82, 2.24) is 9.97 Å². The Labute approximate surface area is 112 Å². The lowest BCUT2D eigenvalue weighted by Gasteiger charge is -2.08. The second-order valence-corrected chi connectivity index (χ2v) is 4.25. The number of carboxylic acids is 1. The van der Waals surface area contributed by atoms with E-state index in [0.717, 1.165) is 6.07 Å². The van der Waals surface area contributed by atoms with Gasteiger partial charge in [0.25, 0.3) is 0 Å². The minimum absolute atomic E-state index is 0.159. The van der Waals surface area contributed by atoms with Crippen LogP contribution < -0.4 is 10.2 Å². The first-order valence-corrected chi connectivity index (χ1v) is 5.84. The molecule has 0 saturated carbocycles. The van der Waals surface area contributed by atoms with Gasteiger partial charge >= 0.3 is 5.97 Å². The maximum absolute atomic E-state index is 12.2. The van der Waals surface area contributed by atoms with Crippen molar-refractivity contribution in [2.45, 2.75) is 0 Å². The van der Waals surface area contributed by atoms with E-state index in [0.29, 0.717) is 27.6 Å². The van der Waals surface area contributed by atoms with Crippen LogP contribution in [-0.4, -0.2) is 28.2 Å². The molecule has 0 aliphatic carbocycles. The zero-order chi connectivity index (χ0) is 14.3. The highest BCUT2D eigenvalue weighted by Gasteiger charge is 2.13. The molecule has 0 atom stereocenters. The maximum atomic E-state index is 12.2. The lowest BCUT2D eigenvalue weighted by molar-refractivity contribution is 0.0691. The molecule has 0 saturated heterocycles. The summed E-state index contributed by atoms with van der Waals surface area (Å²) in [6.07, 6.45) is 1.61. The number of benzene rings is 1. The molecule has 6 heteroatoms. The molecule has 0 spiro atoms. The maximum Gasteiger partial charge on any atom is 0.352 e. The highest BCUT2D eigenvalue weighted by atomic mass is 16.5. The van der Waals surface area contributed by atoms with E-state index < -0.39 is 5.97 Å². The molecule has 0 radical (unpaired) electrons. The van der Waals surface area contributed by atoms with Crippen LogP contribution in [0.5, 0.6) is 5.75 Å². The predicted octanol–water partition coefficient (Wildman–Crippen LogP) is 1.78. The monoisotopic (exact) mass is 270 g/mol. The van der Waals surface area contributed by atoms with Crippen LogP contribution in [0.4, 0.5) is 0 Å². The molecule has 2 N–H and O–H groups in total. The van der Waals surface area contributed by atoms with Gasteiger partial charge in [0.1, 0.15) is 17.0 Å². The largest absolute Gasteiger partial charge is 0.494 e. The van der Waals surface area contributed by atoms with E-state index in [9.17, 15) is 9.59 Å². The number of hydrogen-bond donors (Lipinski definition) is 2. The number of aromatic carboxylic acids is 1. The number of nitrogens with zero attached hydrogens (tertiary/aromatic N) is 1. The Balaban J connectivity index is 2.55. The summed E-state index contributed by atoms with van der Waals surface area (Å²) in [5, 5.41) is 10.0. The Morgan fingerprint density at radius 2 is 2.20 bits per heavy atom. The summed E-state index contributed by atoms with van der Waals surface area (Å²) in [4.78, 5) is 30.1. The fourth-order valence-corrected chi connectivity index (χ4v) is 2.24. The topological polar surface area (TPSA) is 92.3 Å². The molecule has 0 amide bonds. The lowest BCUT2D eigenvalue weighted by Crippen LogP contribution is -2.10. The summed E-state index contributed by atoms with van der Waals surface area (Å²) >= 11 is 0. The normalized spacial score (nSPS) is 10.8. The number of hydrogen-bond acceptors (Lipinski definition) is 4. The summed E-state index contributed by atoms with van der Waals surface area (Å²) in [5.74, 6) is -0.708. The van der Waals surface area contributed by atoms with E-state index in [1.54, 1.807) is 24.4 Å². The second-order valence-electron chi connectivity index (χ2n) is 4.25. The molecule has 2 heterocycles.